The number of aryl methyl sites for hydroxylation is 4. The fourth-order valence-electron chi connectivity index (χ4n) is 2.20. The third kappa shape index (κ3) is 3.28. The van der Waals surface area contributed by atoms with Crippen LogP contribution in [0.4, 0.5) is 0 Å². The lowest BCUT2D eigenvalue weighted by Crippen LogP contribution is -2.25. The van der Waals surface area contributed by atoms with E-state index in [2.05, 4.69) is 0 Å². The summed E-state index contributed by atoms with van der Waals surface area (Å²) in [6.07, 6.45) is 0. The Balaban J connectivity index is 2.27. The van der Waals surface area contributed by atoms with Gasteiger partial charge in [-0.05, 0) is 62.1 Å². The molecule has 0 atom stereocenters. The van der Waals surface area contributed by atoms with Crippen molar-refractivity contribution in [3.8, 4) is 0 Å². The highest BCUT2D eigenvalue weighted by atomic mass is 35.5. The molecule has 0 fully saturated rings. The molecule has 0 aliphatic rings. The fourth-order valence-corrected chi connectivity index (χ4v) is 2.45. The van der Waals surface area contributed by atoms with E-state index in [9.17, 15) is 9.59 Å². The van der Waals surface area contributed by atoms with Gasteiger partial charge in [0, 0.05) is 11.1 Å². The number of alkyl halides is 1. The van der Waals surface area contributed by atoms with Crippen LogP contribution in [-0.4, -0.2) is 16.9 Å². The minimum absolute atomic E-state index is 0.354. The van der Waals surface area contributed by atoms with Gasteiger partial charge in [0.15, 0.2) is 16.9 Å². The average molecular weight is 315 g/mol. The fraction of sp³-hybridized carbons (Fsp3) is 0.263. The second-order valence-electron chi connectivity index (χ2n) is 5.69. The zero-order valence-electron chi connectivity index (χ0n) is 13.2. The summed E-state index contributed by atoms with van der Waals surface area (Å²) in [4.78, 5) is 24.8. The molecule has 0 amide bonds. The number of halogens is 1. The van der Waals surface area contributed by atoms with Crippen molar-refractivity contribution in [3.63, 3.8) is 0 Å². The lowest BCUT2D eigenvalue weighted by molar-refractivity contribution is 0.0900. The minimum atomic E-state index is -1.19. The molecule has 0 aromatic heterocycles. The van der Waals surface area contributed by atoms with Crippen molar-refractivity contribution < 1.29 is 9.59 Å². The first-order valence-corrected chi connectivity index (χ1v) is 7.62. The van der Waals surface area contributed by atoms with Gasteiger partial charge in [0.05, 0.1) is 0 Å². The highest BCUT2D eigenvalue weighted by Crippen LogP contribution is 2.18. The lowest BCUT2D eigenvalue weighted by atomic mass is 9.96. The van der Waals surface area contributed by atoms with Crippen LogP contribution in [0.25, 0.3) is 0 Å². The maximum absolute atomic E-state index is 12.4. The Morgan fingerprint density at radius 2 is 1.09 bits per heavy atom. The van der Waals surface area contributed by atoms with Crippen molar-refractivity contribution in [2.45, 2.75) is 33.1 Å². The predicted molar refractivity (Wildman–Crippen MR) is 90.1 cm³/mol. The van der Waals surface area contributed by atoms with E-state index in [4.69, 9.17) is 11.6 Å². The maximum atomic E-state index is 12.4. The normalized spacial score (nSPS) is 10.8. The second-order valence-corrected chi connectivity index (χ2v) is 6.13. The molecule has 0 aliphatic heterocycles. The monoisotopic (exact) mass is 314 g/mol. The van der Waals surface area contributed by atoms with Crippen molar-refractivity contribution in [2.75, 3.05) is 0 Å². The van der Waals surface area contributed by atoms with E-state index in [1.807, 2.05) is 39.8 Å². The number of benzene rings is 2. The number of hydrogen-bond acceptors (Lipinski definition) is 2. The van der Waals surface area contributed by atoms with Crippen LogP contribution < -0.4 is 0 Å². The van der Waals surface area contributed by atoms with Gasteiger partial charge in [-0.2, -0.15) is 0 Å². The molecular formula is C19H19ClO2. The molecule has 0 heterocycles. The summed E-state index contributed by atoms with van der Waals surface area (Å²) in [5.74, 6) is -0.707. The van der Waals surface area contributed by atoms with Gasteiger partial charge in [-0.1, -0.05) is 24.3 Å². The van der Waals surface area contributed by atoms with Gasteiger partial charge in [-0.25, -0.2) is 0 Å². The maximum Gasteiger partial charge on any atom is 0.188 e. The molecular weight excluding hydrogens is 296 g/mol. The van der Waals surface area contributed by atoms with Gasteiger partial charge in [-0.3, -0.25) is 9.59 Å². The van der Waals surface area contributed by atoms with Crippen molar-refractivity contribution in [1.82, 2.24) is 0 Å². The largest absolute Gasteiger partial charge is 0.292 e. The first kappa shape index (κ1) is 16.4. The Hall–Kier alpha value is -1.93. The molecule has 0 unspecified atom stereocenters. The molecule has 0 saturated carbocycles. The molecule has 0 bridgehead atoms. The number of carbonyl (C=O) groups is 2. The first-order chi connectivity index (χ1) is 10.3. The second kappa shape index (κ2) is 6.45. The number of ketones is 2. The van der Waals surface area contributed by atoms with Gasteiger partial charge < -0.3 is 0 Å². The van der Waals surface area contributed by atoms with Crippen LogP contribution in [0, 0.1) is 27.7 Å². The number of carbonyl (C=O) groups excluding carboxylic acids is 2. The quantitative estimate of drug-likeness (QED) is 0.470. The highest BCUT2D eigenvalue weighted by molar-refractivity contribution is 6.46. The molecule has 0 saturated heterocycles. The summed E-state index contributed by atoms with van der Waals surface area (Å²) in [7, 11) is 0. The van der Waals surface area contributed by atoms with E-state index >= 15 is 0 Å². The van der Waals surface area contributed by atoms with Crippen LogP contribution >= 0.6 is 11.6 Å². The van der Waals surface area contributed by atoms with Crippen molar-refractivity contribution in [3.05, 3.63) is 69.8 Å². The van der Waals surface area contributed by atoms with Crippen LogP contribution in [0.3, 0.4) is 0 Å². The summed E-state index contributed by atoms with van der Waals surface area (Å²) >= 11 is 6.14. The molecule has 0 aliphatic carbocycles. The summed E-state index contributed by atoms with van der Waals surface area (Å²) in [6.45, 7) is 7.81. The molecule has 0 spiro atoms. The summed E-state index contributed by atoms with van der Waals surface area (Å²) in [5, 5.41) is -1.19. The van der Waals surface area contributed by atoms with Crippen molar-refractivity contribution in [1.29, 1.82) is 0 Å². The van der Waals surface area contributed by atoms with Crippen LogP contribution in [0.15, 0.2) is 36.4 Å². The zero-order valence-corrected chi connectivity index (χ0v) is 14.0. The topological polar surface area (TPSA) is 34.1 Å². The highest BCUT2D eigenvalue weighted by Gasteiger charge is 2.26. The Labute approximate surface area is 136 Å². The van der Waals surface area contributed by atoms with Gasteiger partial charge in [-0.15, -0.1) is 11.6 Å². The number of Topliss-reactive ketones (excluding diaryl/α,β-unsaturated/α-hetero) is 2. The Kier molecular flexibility index (Phi) is 4.82. The van der Waals surface area contributed by atoms with E-state index in [0.29, 0.717) is 11.1 Å². The first-order valence-electron chi connectivity index (χ1n) is 7.18. The standard InChI is InChI=1S/C19H19ClO2/c1-11-5-7-15(9-13(11)3)18(21)17(20)19(22)16-8-6-12(2)14(4)10-16/h5-10,17H,1-4H3. The van der Waals surface area contributed by atoms with Crippen LogP contribution in [0.1, 0.15) is 43.0 Å². The number of hydrogen-bond donors (Lipinski definition) is 0. The Morgan fingerprint density at radius 3 is 1.41 bits per heavy atom. The molecule has 2 aromatic rings. The molecule has 114 valence electrons. The smallest absolute Gasteiger partial charge is 0.188 e. The van der Waals surface area contributed by atoms with Gasteiger partial charge in [0.1, 0.15) is 0 Å². The average Bonchev–Trinajstić information content (AvgIpc) is 2.50. The van der Waals surface area contributed by atoms with E-state index in [-0.39, 0.29) is 11.6 Å². The van der Waals surface area contributed by atoms with E-state index in [1.54, 1.807) is 24.3 Å². The Bertz CT molecular complexity index is 684. The lowest BCUT2D eigenvalue weighted by Gasteiger charge is -2.10. The molecule has 0 radical (unpaired) electrons. The minimum Gasteiger partial charge on any atom is -0.292 e. The van der Waals surface area contributed by atoms with Crippen LogP contribution in [0.2, 0.25) is 0 Å². The van der Waals surface area contributed by atoms with Crippen LogP contribution in [0.5, 0.6) is 0 Å². The molecule has 2 rings (SSSR count). The molecule has 2 aromatic carbocycles. The van der Waals surface area contributed by atoms with E-state index < -0.39 is 5.38 Å². The summed E-state index contributed by atoms with van der Waals surface area (Å²) in [6, 6.07) is 10.7. The van der Waals surface area contributed by atoms with Crippen molar-refractivity contribution >= 4 is 23.2 Å². The molecule has 3 heteroatoms. The van der Waals surface area contributed by atoms with Gasteiger partial charge in [0.25, 0.3) is 0 Å². The van der Waals surface area contributed by atoms with E-state index in [0.717, 1.165) is 22.3 Å². The Morgan fingerprint density at radius 1 is 0.727 bits per heavy atom. The summed E-state index contributed by atoms with van der Waals surface area (Å²) < 4.78 is 0. The molecule has 22 heavy (non-hydrogen) atoms. The van der Waals surface area contributed by atoms with Gasteiger partial charge >= 0.3 is 0 Å². The molecule has 0 N–H and O–H groups in total. The third-order valence-electron chi connectivity index (χ3n) is 4.04. The van der Waals surface area contributed by atoms with Crippen LogP contribution in [-0.2, 0) is 0 Å². The predicted octanol–water partition coefficient (Wildman–Crippen LogP) is 4.59. The SMILES string of the molecule is Cc1ccc(C(=O)C(Cl)C(=O)c2ccc(C)c(C)c2)cc1C. The molecule has 2 nitrogen and oxygen atoms in total. The van der Waals surface area contributed by atoms with Crippen molar-refractivity contribution in [2.24, 2.45) is 0 Å². The third-order valence-corrected chi connectivity index (χ3v) is 4.44. The summed E-state index contributed by atoms with van der Waals surface area (Å²) in [5.41, 5.74) is 5.16. The zero-order chi connectivity index (χ0) is 16.4. The van der Waals surface area contributed by atoms with Gasteiger partial charge in [0.2, 0.25) is 0 Å². The van der Waals surface area contributed by atoms with E-state index in [1.165, 1.54) is 0 Å². The number of rotatable bonds is 4.